The van der Waals surface area contributed by atoms with Crippen molar-refractivity contribution in [3.05, 3.63) is 47.3 Å². The number of anilines is 1. The van der Waals surface area contributed by atoms with Gasteiger partial charge in [0.15, 0.2) is 0 Å². The van der Waals surface area contributed by atoms with Gasteiger partial charge in [0, 0.05) is 18.4 Å². The van der Waals surface area contributed by atoms with Gasteiger partial charge in [0.05, 0.1) is 23.6 Å². The third kappa shape index (κ3) is 2.77. The smallest absolute Gasteiger partial charge is 0.143 e. The van der Waals surface area contributed by atoms with Crippen LogP contribution in [0.15, 0.2) is 30.7 Å². The number of hydrogen-bond donors (Lipinski definition) is 1. The average Bonchev–Trinajstić information content (AvgIpc) is 2.78. The Bertz CT molecular complexity index is 510. The molecular formula is C12H13ClFN3. The first-order chi connectivity index (χ1) is 8.20. The summed E-state index contributed by atoms with van der Waals surface area (Å²) < 4.78 is 15.2. The number of hydrogen-bond acceptors (Lipinski definition) is 2. The molecule has 1 heterocycles. The van der Waals surface area contributed by atoms with Crippen molar-refractivity contribution in [2.24, 2.45) is 0 Å². The largest absolute Gasteiger partial charge is 0.379 e. The molecule has 0 amide bonds. The molecule has 0 bridgehead atoms. The number of halogens is 2. The lowest BCUT2D eigenvalue weighted by Gasteiger charge is -2.08. The minimum Gasteiger partial charge on any atom is -0.379 e. The van der Waals surface area contributed by atoms with Crippen LogP contribution >= 0.6 is 11.6 Å². The van der Waals surface area contributed by atoms with Crippen LogP contribution in [0, 0.1) is 5.82 Å². The van der Waals surface area contributed by atoms with Crippen LogP contribution in [-0.4, -0.2) is 9.55 Å². The average molecular weight is 254 g/mol. The maximum atomic E-state index is 13.2. The highest BCUT2D eigenvalue weighted by molar-refractivity contribution is 6.30. The topological polar surface area (TPSA) is 29.9 Å². The molecule has 0 radical (unpaired) electrons. The summed E-state index contributed by atoms with van der Waals surface area (Å²) in [6.45, 7) is 3.52. The van der Waals surface area contributed by atoms with Crippen molar-refractivity contribution in [1.29, 1.82) is 0 Å². The van der Waals surface area contributed by atoms with Crippen molar-refractivity contribution < 1.29 is 4.39 Å². The second-order valence-electron chi connectivity index (χ2n) is 3.65. The van der Waals surface area contributed by atoms with Crippen LogP contribution in [-0.2, 0) is 13.1 Å². The summed E-state index contributed by atoms with van der Waals surface area (Å²) in [6, 6.07) is 4.67. The monoisotopic (exact) mass is 253 g/mol. The Labute approximate surface area is 104 Å². The van der Waals surface area contributed by atoms with E-state index in [4.69, 9.17) is 11.6 Å². The van der Waals surface area contributed by atoms with Crippen molar-refractivity contribution >= 4 is 17.3 Å². The second-order valence-corrected chi connectivity index (χ2v) is 4.06. The van der Waals surface area contributed by atoms with E-state index in [9.17, 15) is 4.39 Å². The number of rotatable bonds is 4. The molecule has 90 valence electrons. The molecule has 5 heteroatoms. The Morgan fingerprint density at radius 2 is 2.29 bits per heavy atom. The van der Waals surface area contributed by atoms with Crippen LogP contribution in [0.1, 0.15) is 12.6 Å². The van der Waals surface area contributed by atoms with E-state index in [2.05, 4.69) is 10.3 Å². The summed E-state index contributed by atoms with van der Waals surface area (Å²) in [5, 5.41) is 3.26. The first-order valence-electron chi connectivity index (χ1n) is 5.38. The van der Waals surface area contributed by atoms with E-state index in [1.807, 2.05) is 11.5 Å². The Morgan fingerprint density at radius 1 is 1.47 bits per heavy atom. The van der Waals surface area contributed by atoms with Gasteiger partial charge in [-0.3, -0.25) is 0 Å². The van der Waals surface area contributed by atoms with Crippen molar-refractivity contribution in [3.8, 4) is 0 Å². The normalized spacial score (nSPS) is 10.5. The number of aryl methyl sites for hydroxylation is 1. The molecule has 1 N–H and O–H groups in total. The number of nitrogens with one attached hydrogen (secondary N) is 1. The van der Waals surface area contributed by atoms with Crippen LogP contribution < -0.4 is 5.32 Å². The quantitative estimate of drug-likeness (QED) is 0.906. The molecule has 0 atom stereocenters. The Balaban J connectivity index is 2.05. The molecule has 0 spiro atoms. The van der Waals surface area contributed by atoms with E-state index in [0.29, 0.717) is 12.2 Å². The van der Waals surface area contributed by atoms with Crippen molar-refractivity contribution in [3.63, 3.8) is 0 Å². The summed E-state index contributed by atoms with van der Waals surface area (Å²) >= 11 is 5.61. The van der Waals surface area contributed by atoms with Crippen LogP contribution in [0.3, 0.4) is 0 Å². The maximum Gasteiger partial charge on any atom is 0.143 e. The van der Waals surface area contributed by atoms with Crippen LogP contribution in [0.4, 0.5) is 10.1 Å². The van der Waals surface area contributed by atoms with E-state index >= 15 is 0 Å². The lowest BCUT2D eigenvalue weighted by molar-refractivity contribution is 0.628. The molecule has 0 aliphatic rings. The summed E-state index contributed by atoms with van der Waals surface area (Å²) in [5.41, 5.74) is 1.76. The Kier molecular flexibility index (Phi) is 3.64. The summed E-state index contributed by atoms with van der Waals surface area (Å²) in [4.78, 5) is 4.06. The van der Waals surface area contributed by atoms with Crippen LogP contribution in [0.25, 0.3) is 0 Å². The molecule has 0 saturated heterocycles. The zero-order valence-corrected chi connectivity index (χ0v) is 10.2. The second kappa shape index (κ2) is 5.19. The maximum absolute atomic E-state index is 13.2. The molecule has 0 fully saturated rings. The predicted octanol–water partition coefficient (Wildman–Crippen LogP) is 3.31. The minimum atomic E-state index is -0.416. The molecule has 0 unspecified atom stereocenters. The number of aromatic nitrogens is 2. The van der Waals surface area contributed by atoms with Crippen molar-refractivity contribution in [2.75, 3.05) is 5.32 Å². The van der Waals surface area contributed by atoms with E-state index in [0.717, 1.165) is 12.2 Å². The third-order valence-corrected chi connectivity index (χ3v) is 2.84. The van der Waals surface area contributed by atoms with Gasteiger partial charge in [-0.1, -0.05) is 11.6 Å². The van der Waals surface area contributed by atoms with Gasteiger partial charge in [0.25, 0.3) is 0 Å². The first-order valence-corrected chi connectivity index (χ1v) is 5.76. The summed E-state index contributed by atoms with van der Waals surface area (Å²) in [6.07, 6.45) is 3.57. The Hall–Kier alpha value is -1.55. The third-order valence-electron chi connectivity index (χ3n) is 2.53. The highest BCUT2D eigenvalue weighted by Crippen LogP contribution is 2.19. The minimum absolute atomic E-state index is 0.133. The van der Waals surface area contributed by atoms with E-state index in [1.54, 1.807) is 18.6 Å². The molecule has 1 aromatic carbocycles. The molecule has 1 aromatic heterocycles. The molecule has 3 nitrogen and oxygen atoms in total. The van der Waals surface area contributed by atoms with Crippen LogP contribution in [0.5, 0.6) is 0 Å². The number of nitrogens with zero attached hydrogens (tertiary/aromatic N) is 2. The summed E-state index contributed by atoms with van der Waals surface area (Å²) in [7, 11) is 0. The molecule has 17 heavy (non-hydrogen) atoms. The van der Waals surface area contributed by atoms with Gasteiger partial charge in [-0.15, -0.1) is 0 Å². The molecule has 2 aromatic rings. The fourth-order valence-corrected chi connectivity index (χ4v) is 1.70. The predicted molar refractivity (Wildman–Crippen MR) is 66.6 cm³/mol. The van der Waals surface area contributed by atoms with Gasteiger partial charge >= 0.3 is 0 Å². The first kappa shape index (κ1) is 11.9. The van der Waals surface area contributed by atoms with Gasteiger partial charge in [0.2, 0.25) is 0 Å². The zero-order chi connectivity index (χ0) is 12.3. The molecular weight excluding hydrogens is 241 g/mol. The van der Waals surface area contributed by atoms with E-state index < -0.39 is 5.82 Å². The van der Waals surface area contributed by atoms with Gasteiger partial charge < -0.3 is 9.88 Å². The van der Waals surface area contributed by atoms with Crippen LogP contribution in [0.2, 0.25) is 5.02 Å². The van der Waals surface area contributed by atoms with Crippen molar-refractivity contribution in [1.82, 2.24) is 9.55 Å². The SMILES string of the molecule is CCn1cncc1CNc1ccc(Cl)c(F)c1. The van der Waals surface area contributed by atoms with Crippen molar-refractivity contribution in [2.45, 2.75) is 20.0 Å². The number of imidazole rings is 1. The van der Waals surface area contributed by atoms with Gasteiger partial charge in [-0.05, 0) is 25.1 Å². The fourth-order valence-electron chi connectivity index (χ4n) is 1.58. The zero-order valence-electron chi connectivity index (χ0n) is 9.45. The standard InChI is InChI=1S/C12H13ClFN3/c1-2-17-8-15-6-10(17)7-16-9-3-4-11(13)12(14)5-9/h3-6,8,16H,2,7H2,1H3. The fraction of sp³-hybridized carbons (Fsp3) is 0.250. The highest BCUT2D eigenvalue weighted by atomic mass is 35.5. The lowest BCUT2D eigenvalue weighted by Crippen LogP contribution is -2.06. The van der Waals surface area contributed by atoms with Gasteiger partial charge in [0.1, 0.15) is 5.82 Å². The van der Waals surface area contributed by atoms with E-state index in [1.165, 1.54) is 12.1 Å². The van der Waals surface area contributed by atoms with E-state index in [-0.39, 0.29) is 5.02 Å². The molecule has 2 rings (SSSR count). The molecule has 0 aliphatic carbocycles. The molecule has 0 saturated carbocycles. The molecule has 0 aliphatic heterocycles. The highest BCUT2D eigenvalue weighted by Gasteiger charge is 2.03. The Morgan fingerprint density at radius 3 is 3.00 bits per heavy atom. The summed E-state index contributed by atoms with van der Waals surface area (Å²) in [5.74, 6) is -0.416. The van der Waals surface area contributed by atoms with Gasteiger partial charge in [-0.25, -0.2) is 9.37 Å². The number of benzene rings is 1. The lowest BCUT2D eigenvalue weighted by atomic mass is 10.3. The van der Waals surface area contributed by atoms with Gasteiger partial charge in [-0.2, -0.15) is 0 Å².